The first-order valence-corrected chi connectivity index (χ1v) is 12.0. The van der Waals surface area contributed by atoms with E-state index in [1.54, 1.807) is 38.1 Å². The third-order valence-electron chi connectivity index (χ3n) is 6.99. The lowest BCUT2D eigenvalue weighted by atomic mass is 9.49. The summed E-state index contributed by atoms with van der Waals surface area (Å²) in [5.74, 6) is -3.13. The molecule has 0 radical (unpaired) electrons. The van der Waals surface area contributed by atoms with Crippen molar-refractivity contribution in [2.45, 2.75) is 51.1 Å². The third kappa shape index (κ3) is 4.43. The fourth-order valence-corrected chi connectivity index (χ4v) is 6.24. The van der Waals surface area contributed by atoms with Gasteiger partial charge in [-0.05, 0) is 61.9 Å². The van der Waals surface area contributed by atoms with Gasteiger partial charge in [-0.25, -0.2) is 0 Å². The lowest BCUT2D eigenvalue weighted by Gasteiger charge is -2.57. The Balaban J connectivity index is 2.27. The molecule has 1 aliphatic heterocycles. The Morgan fingerprint density at radius 3 is 2.45 bits per heavy atom. The number of rotatable bonds is 8. The fourth-order valence-electron chi connectivity index (χ4n) is 5.40. The molecule has 2 aromatic rings. The summed E-state index contributed by atoms with van der Waals surface area (Å²) in [6, 6.07) is 11.6. The molecule has 3 N–H and O–H groups in total. The fraction of sp³-hybridized carbons (Fsp3) is 0.400. The second-order valence-corrected chi connectivity index (χ2v) is 9.98. The van der Waals surface area contributed by atoms with Crippen LogP contribution in [0.25, 0.3) is 6.08 Å². The first kappa shape index (κ1) is 25.0. The number of hydrogen-bond acceptors (Lipinski definition) is 5. The van der Waals surface area contributed by atoms with Gasteiger partial charge in [-0.2, -0.15) is 5.26 Å². The minimum absolute atomic E-state index is 0.00942. The molecule has 1 fully saturated rings. The molecule has 5 unspecified atom stereocenters. The molecule has 3 rings (SSSR count). The topological polar surface area (TPSA) is 110 Å². The van der Waals surface area contributed by atoms with E-state index < -0.39 is 40.8 Å². The lowest BCUT2D eigenvalue weighted by Crippen LogP contribution is -2.69. The van der Waals surface area contributed by atoms with Crippen LogP contribution in [0.1, 0.15) is 49.5 Å². The Hall–Kier alpha value is -2.66. The Bertz CT molecular complexity index is 1080. The van der Waals surface area contributed by atoms with Crippen LogP contribution in [0.2, 0.25) is 5.02 Å². The zero-order chi connectivity index (χ0) is 24.2. The van der Waals surface area contributed by atoms with Crippen LogP contribution in [0, 0.1) is 22.2 Å². The first-order valence-electron chi connectivity index (χ1n) is 10.8. The van der Waals surface area contributed by atoms with Crippen molar-refractivity contribution in [3.8, 4) is 6.07 Å². The molecule has 5 atom stereocenters. The Morgan fingerprint density at radius 1 is 1.18 bits per heavy atom. The van der Waals surface area contributed by atoms with Crippen LogP contribution in [-0.4, -0.2) is 34.2 Å². The molecule has 0 amide bonds. The molecule has 174 valence electrons. The number of aliphatic carboxylic acids is 2. The molecule has 1 aromatic heterocycles. The van der Waals surface area contributed by atoms with Crippen molar-refractivity contribution >= 4 is 41.0 Å². The van der Waals surface area contributed by atoms with Crippen molar-refractivity contribution in [1.29, 1.82) is 5.26 Å². The molecule has 8 heteroatoms. The average molecular weight is 487 g/mol. The lowest BCUT2D eigenvalue weighted by molar-refractivity contribution is -0.172. The summed E-state index contributed by atoms with van der Waals surface area (Å²) < 4.78 is 0. The Labute approximate surface area is 202 Å². The van der Waals surface area contributed by atoms with E-state index in [1.165, 1.54) is 11.3 Å². The molecule has 6 nitrogen and oxygen atoms in total. The summed E-state index contributed by atoms with van der Waals surface area (Å²) in [7, 11) is 0. The SMILES string of the molecule is CC1NC(C)C(CCC#N)(C(=O)O)C(c2cccc(Cl)c2)C1(CC=Cc1cccs1)C(=O)O. The molecular formula is C25H27ClN2O4S. The van der Waals surface area contributed by atoms with E-state index in [9.17, 15) is 25.1 Å². The van der Waals surface area contributed by atoms with E-state index in [0.29, 0.717) is 10.6 Å². The molecule has 0 bridgehead atoms. The van der Waals surface area contributed by atoms with Gasteiger partial charge in [0, 0.05) is 34.3 Å². The molecule has 1 aromatic carbocycles. The van der Waals surface area contributed by atoms with Crippen LogP contribution in [-0.2, 0) is 9.59 Å². The molecule has 0 aliphatic carbocycles. The van der Waals surface area contributed by atoms with Gasteiger partial charge in [0.2, 0.25) is 0 Å². The van der Waals surface area contributed by atoms with Crippen molar-refractivity contribution in [1.82, 2.24) is 5.32 Å². The first-order chi connectivity index (χ1) is 15.7. The standard InChI is InChI=1S/C25H27ClN2O4S/c1-16-24(22(29)30,11-4-9-20-10-5-14-33-20)21(18-7-3-8-19(26)15-18)25(23(31)32,12-6-13-27)17(2)28-16/h3-5,7-10,14-17,21,28H,6,11-12H2,1-2H3,(H,29,30)(H,31,32). The number of allylic oxidation sites excluding steroid dienone is 1. The number of halogens is 1. The van der Waals surface area contributed by atoms with E-state index >= 15 is 0 Å². The highest BCUT2D eigenvalue weighted by atomic mass is 35.5. The van der Waals surface area contributed by atoms with Crippen molar-refractivity contribution in [2.24, 2.45) is 10.8 Å². The maximum Gasteiger partial charge on any atom is 0.312 e. The Kier molecular flexibility index (Phi) is 7.63. The maximum atomic E-state index is 13.1. The van der Waals surface area contributed by atoms with E-state index in [0.717, 1.165) is 4.88 Å². The van der Waals surface area contributed by atoms with Crippen molar-refractivity contribution in [3.05, 3.63) is 63.3 Å². The van der Waals surface area contributed by atoms with Gasteiger partial charge in [-0.3, -0.25) is 9.59 Å². The Morgan fingerprint density at radius 2 is 1.88 bits per heavy atom. The van der Waals surface area contributed by atoms with Crippen LogP contribution in [0.3, 0.4) is 0 Å². The zero-order valence-electron chi connectivity index (χ0n) is 18.5. The number of piperidine rings is 1. The number of carboxylic acid groups (broad SMARTS) is 2. The number of carbonyl (C=O) groups is 2. The highest BCUT2D eigenvalue weighted by Crippen LogP contribution is 2.59. The van der Waals surface area contributed by atoms with Gasteiger partial charge >= 0.3 is 11.9 Å². The number of thiophene rings is 1. The number of carboxylic acids is 2. The van der Waals surface area contributed by atoms with Crippen LogP contribution in [0.5, 0.6) is 0 Å². The van der Waals surface area contributed by atoms with Crippen molar-refractivity contribution < 1.29 is 19.8 Å². The molecule has 0 spiro atoms. The molecule has 1 aliphatic rings. The van der Waals surface area contributed by atoms with Gasteiger partial charge in [-0.15, -0.1) is 11.3 Å². The summed E-state index contributed by atoms with van der Waals surface area (Å²) in [5, 5.41) is 36.2. The van der Waals surface area contributed by atoms with E-state index in [-0.39, 0.29) is 19.3 Å². The largest absolute Gasteiger partial charge is 0.481 e. The van der Waals surface area contributed by atoms with Gasteiger partial charge in [0.25, 0.3) is 0 Å². The molecule has 1 saturated heterocycles. The highest BCUT2D eigenvalue weighted by Gasteiger charge is 2.66. The summed E-state index contributed by atoms with van der Waals surface area (Å²) in [6.07, 6.45) is 3.79. The molecule has 2 heterocycles. The quantitative estimate of drug-likeness (QED) is 0.459. The van der Waals surface area contributed by atoms with E-state index in [4.69, 9.17) is 11.6 Å². The van der Waals surface area contributed by atoms with Gasteiger partial charge in [-0.1, -0.05) is 35.9 Å². The predicted molar refractivity (Wildman–Crippen MR) is 129 cm³/mol. The third-order valence-corrected chi connectivity index (χ3v) is 8.06. The second-order valence-electron chi connectivity index (χ2n) is 8.57. The smallest absolute Gasteiger partial charge is 0.312 e. The van der Waals surface area contributed by atoms with E-state index in [2.05, 4.69) is 11.4 Å². The van der Waals surface area contributed by atoms with Crippen LogP contribution in [0.4, 0.5) is 0 Å². The van der Waals surface area contributed by atoms with Gasteiger partial charge in [0.15, 0.2) is 0 Å². The molecule has 33 heavy (non-hydrogen) atoms. The van der Waals surface area contributed by atoms with Crippen LogP contribution >= 0.6 is 22.9 Å². The van der Waals surface area contributed by atoms with Gasteiger partial charge in [0.05, 0.1) is 16.9 Å². The average Bonchev–Trinajstić information content (AvgIpc) is 3.27. The number of hydrogen-bond donors (Lipinski definition) is 3. The summed E-state index contributed by atoms with van der Waals surface area (Å²) >= 11 is 7.82. The maximum absolute atomic E-state index is 13.1. The van der Waals surface area contributed by atoms with Crippen molar-refractivity contribution in [2.75, 3.05) is 0 Å². The minimum atomic E-state index is -1.53. The number of nitrogens with one attached hydrogen (secondary N) is 1. The second kappa shape index (κ2) is 10.1. The summed E-state index contributed by atoms with van der Waals surface area (Å²) in [4.78, 5) is 27.0. The monoisotopic (exact) mass is 486 g/mol. The molecule has 0 saturated carbocycles. The normalized spacial score (nSPS) is 29.6. The van der Waals surface area contributed by atoms with Crippen LogP contribution < -0.4 is 5.32 Å². The van der Waals surface area contributed by atoms with Crippen molar-refractivity contribution in [3.63, 3.8) is 0 Å². The summed E-state index contributed by atoms with van der Waals surface area (Å²) in [6.45, 7) is 3.55. The highest BCUT2D eigenvalue weighted by molar-refractivity contribution is 7.10. The predicted octanol–water partition coefficient (Wildman–Crippen LogP) is 5.41. The number of benzene rings is 1. The summed E-state index contributed by atoms with van der Waals surface area (Å²) in [5.41, 5.74) is -2.46. The number of nitrogens with zero attached hydrogens (tertiary/aromatic N) is 1. The molecular weight excluding hydrogens is 460 g/mol. The van der Waals surface area contributed by atoms with Gasteiger partial charge < -0.3 is 15.5 Å². The minimum Gasteiger partial charge on any atom is -0.481 e. The zero-order valence-corrected chi connectivity index (χ0v) is 20.1. The van der Waals surface area contributed by atoms with E-state index in [1.807, 2.05) is 29.7 Å². The van der Waals surface area contributed by atoms with Crippen LogP contribution in [0.15, 0.2) is 47.9 Å². The number of nitriles is 1. The van der Waals surface area contributed by atoms with Gasteiger partial charge in [0.1, 0.15) is 0 Å².